The van der Waals surface area contributed by atoms with Gasteiger partial charge in [-0.25, -0.2) is 0 Å². The molecule has 0 aliphatic heterocycles. The molecule has 0 radical (unpaired) electrons. The van der Waals surface area contributed by atoms with Gasteiger partial charge in [0.1, 0.15) is 11.5 Å². The average molecular weight is 501 g/mol. The molecule has 3 aromatic rings. The van der Waals surface area contributed by atoms with Crippen LogP contribution in [0.1, 0.15) is 21.5 Å². The number of amides is 3. The van der Waals surface area contributed by atoms with E-state index in [1.807, 2.05) is 13.8 Å². The van der Waals surface area contributed by atoms with Crippen molar-refractivity contribution in [1.29, 1.82) is 0 Å². The normalized spacial score (nSPS) is 10.4. The van der Waals surface area contributed by atoms with Crippen LogP contribution in [0.5, 0.6) is 11.5 Å². The summed E-state index contributed by atoms with van der Waals surface area (Å²) in [5.41, 5.74) is 2.39. The number of carbonyl (C=O) groups is 3. The summed E-state index contributed by atoms with van der Waals surface area (Å²) in [4.78, 5) is 36.4. The van der Waals surface area contributed by atoms with Gasteiger partial charge < -0.3 is 14.8 Å². The molecule has 2 N–H and O–H groups in total. The van der Waals surface area contributed by atoms with Gasteiger partial charge in [-0.2, -0.15) is 0 Å². The molecule has 176 valence electrons. The molecule has 0 saturated heterocycles. The zero-order valence-corrected chi connectivity index (χ0v) is 20.0. The first kappa shape index (κ1) is 25.1. The van der Waals surface area contributed by atoms with E-state index in [4.69, 9.17) is 32.7 Å². The fourth-order valence-electron chi connectivity index (χ4n) is 2.85. The summed E-state index contributed by atoms with van der Waals surface area (Å²) in [5, 5.41) is 6.14. The molecule has 0 spiro atoms. The highest BCUT2D eigenvalue weighted by atomic mass is 35.5. The minimum absolute atomic E-state index is 0.190. The van der Waals surface area contributed by atoms with E-state index >= 15 is 0 Å². The van der Waals surface area contributed by atoms with E-state index in [0.717, 1.165) is 11.1 Å². The highest BCUT2D eigenvalue weighted by Gasteiger charge is 2.12. The van der Waals surface area contributed by atoms with Gasteiger partial charge in [0.25, 0.3) is 17.7 Å². The zero-order chi connectivity index (χ0) is 24.7. The van der Waals surface area contributed by atoms with Crippen molar-refractivity contribution in [1.82, 2.24) is 5.32 Å². The van der Waals surface area contributed by atoms with Crippen molar-refractivity contribution in [3.05, 3.63) is 87.4 Å². The predicted molar refractivity (Wildman–Crippen MR) is 131 cm³/mol. The lowest BCUT2D eigenvalue weighted by molar-refractivity contribution is -0.122. The van der Waals surface area contributed by atoms with Gasteiger partial charge in [0.15, 0.2) is 13.2 Å². The number of imide groups is 1. The first-order chi connectivity index (χ1) is 16.2. The van der Waals surface area contributed by atoms with Gasteiger partial charge >= 0.3 is 0 Å². The molecular formula is C25H22Cl2N2O5. The topological polar surface area (TPSA) is 93.7 Å². The maximum Gasteiger partial charge on any atom is 0.264 e. The van der Waals surface area contributed by atoms with E-state index in [2.05, 4.69) is 10.6 Å². The zero-order valence-electron chi connectivity index (χ0n) is 18.5. The van der Waals surface area contributed by atoms with Gasteiger partial charge in [-0.05, 0) is 85.6 Å². The van der Waals surface area contributed by atoms with Gasteiger partial charge in [-0.1, -0.05) is 23.2 Å². The Morgan fingerprint density at radius 1 is 0.735 bits per heavy atom. The van der Waals surface area contributed by atoms with Crippen LogP contribution in [0.2, 0.25) is 10.0 Å². The van der Waals surface area contributed by atoms with E-state index in [-0.39, 0.29) is 24.7 Å². The largest absolute Gasteiger partial charge is 0.484 e. The lowest BCUT2D eigenvalue weighted by Gasteiger charge is -2.10. The smallest absolute Gasteiger partial charge is 0.264 e. The summed E-state index contributed by atoms with van der Waals surface area (Å²) in [6, 6.07) is 16.2. The summed E-state index contributed by atoms with van der Waals surface area (Å²) < 4.78 is 10.8. The molecule has 3 aromatic carbocycles. The molecule has 0 aromatic heterocycles. The lowest BCUT2D eigenvalue weighted by atomic mass is 10.2. The van der Waals surface area contributed by atoms with Crippen molar-refractivity contribution in [2.24, 2.45) is 0 Å². The van der Waals surface area contributed by atoms with Gasteiger partial charge in [0, 0.05) is 21.3 Å². The average Bonchev–Trinajstić information content (AvgIpc) is 2.81. The maximum absolute atomic E-state index is 12.3. The van der Waals surface area contributed by atoms with Crippen LogP contribution >= 0.6 is 23.2 Å². The molecule has 7 nitrogen and oxygen atoms in total. The lowest BCUT2D eigenvalue weighted by Crippen LogP contribution is -2.34. The van der Waals surface area contributed by atoms with Crippen molar-refractivity contribution in [3.63, 3.8) is 0 Å². The van der Waals surface area contributed by atoms with E-state index in [9.17, 15) is 14.4 Å². The predicted octanol–water partition coefficient (Wildman–Crippen LogP) is 4.96. The Bertz CT molecular complexity index is 1210. The van der Waals surface area contributed by atoms with E-state index < -0.39 is 11.8 Å². The number of carbonyl (C=O) groups excluding carboxylic acids is 3. The SMILES string of the molecule is Cc1cc(OCC(=O)NC(=O)c2ccc(NC(=O)COc3ccc(Cl)c(C)c3)cc2)ccc1Cl. The summed E-state index contributed by atoms with van der Waals surface area (Å²) in [5.74, 6) is -0.539. The Morgan fingerprint density at radius 2 is 1.24 bits per heavy atom. The number of hydrogen-bond acceptors (Lipinski definition) is 5. The third kappa shape index (κ3) is 7.23. The van der Waals surface area contributed by atoms with Gasteiger partial charge in [0.2, 0.25) is 0 Å². The van der Waals surface area contributed by atoms with Gasteiger partial charge in [-0.3, -0.25) is 19.7 Å². The van der Waals surface area contributed by atoms with Crippen molar-refractivity contribution in [2.75, 3.05) is 18.5 Å². The summed E-state index contributed by atoms with van der Waals surface area (Å²) in [6.07, 6.45) is 0. The summed E-state index contributed by atoms with van der Waals surface area (Å²) >= 11 is 11.9. The monoisotopic (exact) mass is 500 g/mol. The van der Waals surface area contributed by atoms with Crippen LogP contribution in [-0.4, -0.2) is 30.9 Å². The molecule has 0 unspecified atom stereocenters. The number of aryl methyl sites for hydroxylation is 2. The van der Waals surface area contributed by atoms with Crippen LogP contribution in [0.3, 0.4) is 0 Å². The van der Waals surface area contributed by atoms with Crippen molar-refractivity contribution < 1.29 is 23.9 Å². The third-order valence-electron chi connectivity index (χ3n) is 4.68. The third-order valence-corrected chi connectivity index (χ3v) is 5.53. The second-order valence-corrected chi connectivity index (χ2v) is 8.22. The molecule has 34 heavy (non-hydrogen) atoms. The minimum Gasteiger partial charge on any atom is -0.484 e. The van der Waals surface area contributed by atoms with E-state index in [1.54, 1.807) is 48.5 Å². The first-order valence-electron chi connectivity index (χ1n) is 10.2. The highest BCUT2D eigenvalue weighted by Crippen LogP contribution is 2.22. The first-order valence-corrected chi connectivity index (χ1v) is 11.0. The summed E-state index contributed by atoms with van der Waals surface area (Å²) in [6.45, 7) is 3.14. The van der Waals surface area contributed by atoms with Gasteiger partial charge in [0.05, 0.1) is 0 Å². The van der Waals surface area contributed by atoms with Crippen LogP contribution in [0.15, 0.2) is 60.7 Å². The van der Waals surface area contributed by atoms with Crippen molar-refractivity contribution in [3.8, 4) is 11.5 Å². The Morgan fingerprint density at radius 3 is 1.74 bits per heavy atom. The second-order valence-electron chi connectivity index (χ2n) is 7.40. The maximum atomic E-state index is 12.3. The number of rotatable bonds is 8. The van der Waals surface area contributed by atoms with E-state index in [0.29, 0.717) is 27.2 Å². The Kier molecular flexibility index (Phi) is 8.51. The van der Waals surface area contributed by atoms with Crippen molar-refractivity contribution >= 4 is 46.6 Å². The quantitative estimate of drug-likeness (QED) is 0.455. The molecule has 0 atom stereocenters. The van der Waals surface area contributed by atoms with Crippen LogP contribution in [0, 0.1) is 13.8 Å². The molecule has 0 fully saturated rings. The molecule has 0 aliphatic rings. The van der Waals surface area contributed by atoms with Crippen LogP contribution in [0.4, 0.5) is 5.69 Å². The number of hydrogen-bond donors (Lipinski definition) is 2. The number of anilines is 1. The van der Waals surface area contributed by atoms with Gasteiger partial charge in [-0.15, -0.1) is 0 Å². The fraction of sp³-hybridized carbons (Fsp3) is 0.160. The van der Waals surface area contributed by atoms with Crippen molar-refractivity contribution in [2.45, 2.75) is 13.8 Å². The number of benzene rings is 3. The number of halogens is 2. The van der Waals surface area contributed by atoms with Crippen LogP contribution in [0.25, 0.3) is 0 Å². The molecule has 0 aliphatic carbocycles. The molecule has 0 saturated carbocycles. The Hall–Kier alpha value is -3.55. The molecular weight excluding hydrogens is 479 g/mol. The Labute approximate surface area is 207 Å². The van der Waals surface area contributed by atoms with Crippen LogP contribution in [-0.2, 0) is 9.59 Å². The minimum atomic E-state index is -0.593. The van der Waals surface area contributed by atoms with E-state index in [1.165, 1.54) is 12.1 Å². The molecule has 0 heterocycles. The molecule has 0 bridgehead atoms. The van der Waals surface area contributed by atoms with Crippen LogP contribution < -0.4 is 20.1 Å². The molecule has 3 rings (SSSR count). The molecule has 9 heteroatoms. The molecule has 3 amide bonds. The standard InChI is InChI=1S/C25H22Cl2N2O5/c1-15-11-19(7-9-21(15)26)33-13-23(30)28-18-5-3-17(4-6-18)25(32)29-24(31)14-34-20-8-10-22(27)16(2)12-20/h3-12H,13-14H2,1-2H3,(H,28,30)(H,29,31,32). The second kappa shape index (κ2) is 11.5. The fourth-order valence-corrected chi connectivity index (χ4v) is 3.08. The number of nitrogens with one attached hydrogen (secondary N) is 2. The summed E-state index contributed by atoms with van der Waals surface area (Å²) in [7, 11) is 0. The Balaban J connectivity index is 1.45. The number of ether oxygens (including phenoxy) is 2. The highest BCUT2D eigenvalue weighted by molar-refractivity contribution is 6.31.